The Morgan fingerprint density at radius 1 is 1.43 bits per heavy atom. The molecule has 1 aliphatic rings. The first kappa shape index (κ1) is 9.66. The molecule has 1 aromatic rings. The summed E-state index contributed by atoms with van der Waals surface area (Å²) >= 11 is 5.94. The highest BCUT2D eigenvalue weighted by molar-refractivity contribution is 6.33. The van der Waals surface area contributed by atoms with Gasteiger partial charge in [-0.25, -0.2) is 0 Å². The van der Waals surface area contributed by atoms with Gasteiger partial charge in [-0.05, 0) is 38.3 Å². The first-order valence-corrected chi connectivity index (χ1v) is 5.31. The molecular formula is C11H15ClN2. The topological polar surface area (TPSA) is 38.0 Å². The van der Waals surface area contributed by atoms with Crippen LogP contribution in [-0.2, 0) is 0 Å². The standard InChI is InChI=1S/C11H15ClN2/c1-11(6-3-7-11)14-9-5-2-4-8(12)10(9)13/h2,4-5,14H,3,6-7,13H2,1H3. The maximum absolute atomic E-state index is 5.94. The number of rotatable bonds is 2. The first-order valence-electron chi connectivity index (χ1n) is 4.93. The molecule has 1 fully saturated rings. The molecule has 0 amide bonds. The fourth-order valence-electron chi connectivity index (χ4n) is 1.80. The predicted molar refractivity (Wildman–Crippen MR) is 61.7 cm³/mol. The second-order valence-electron chi connectivity index (χ2n) is 4.24. The number of benzene rings is 1. The highest BCUT2D eigenvalue weighted by Crippen LogP contribution is 2.37. The molecular weight excluding hydrogens is 196 g/mol. The van der Waals surface area contributed by atoms with Crippen molar-refractivity contribution in [2.75, 3.05) is 11.1 Å². The van der Waals surface area contributed by atoms with Crippen LogP contribution in [0.5, 0.6) is 0 Å². The van der Waals surface area contributed by atoms with E-state index in [9.17, 15) is 0 Å². The van der Waals surface area contributed by atoms with Crippen LogP contribution in [0.3, 0.4) is 0 Å². The van der Waals surface area contributed by atoms with Crippen molar-refractivity contribution < 1.29 is 0 Å². The average molecular weight is 211 g/mol. The van der Waals surface area contributed by atoms with Crippen molar-refractivity contribution in [1.29, 1.82) is 0 Å². The summed E-state index contributed by atoms with van der Waals surface area (Å²) in [6.07, 6.45) is 3.71. The summed E-state index contributed by atoms with van der Waals surface area (Å²) in [5.74, 6) is 0. The van der Waals surface area contributed by atoms with Gasteiger partial charge in [-0.3, -0.25) is 0 Å². The number of nitrogens with two attached hydrogens (primary N) is 1. The number of anilines is 2. The van der Waals surface area contributed by atoms with Gasteiger partial charge >= 0.3 is 0 Å². The molecule has 1 aliphatic carbocycles. The molecule has 0 atom stereocenters. The smallest absolute Gasteiger partial charge is 0.0739 e. The highest BCUT2D eigenvalue weighted by atomic mass is 35.5. The van der Waals surface area contributed by atoms with Gasteiger partial charge in [0.15, 0.2) is 0 Å². The number of nitrogens with one attached hydrogen (secondary N) is 1. The molecule has 3 heteroatoms. The Labute approximate surface area is 89.4 Å². The third-order valence-corrected chi connectivity index (χ3v) is 3.28. The molecule has 0 bridgehead atoms. The van der Waals surface area contributed by atoms with Crippen LogP contribution in [0.4, 0.5) is 11.4 Å². The van der Waals surface area contributed by atoms with Crippen molar-refractivity contribution in [3.05, 3.63) is 23.2 Å². The summed E-state index contributed by atoms with van der Waals surface area (Å²) in [6.45, 7) is 2.22. The molecule has 0 saturated heterocycles. The van der Waals surface area contributed by atoms with Crippen LogP contribution in [0.15, 0.2) is 18.2 Å². The van der Waals surface area contributed by atoms with Crippen LogP contribution in [0.25, 0.3) is 0 Å². The van der Waals surface area contributed by atoms with Gasteiger partial charge in [0.1, 0.15) is 0 Å². The monoisotopic (exact) mass is 210 g/mol. The van der Waals surface area contributed by atoms with Gasteiger partial charge < -0.3 is 11.1 Å². The van der Waals surface area contributed by atoms with Crippen LogP contribution in [0.1, 0.15) is 26.2 Å². The largest absolute Gasteiger partial charge is 0.396 e. The van der Waals surface area contributed by atoms with Crippen molar-refractivity contribution in [2.24, 2.45) is 0 Å². The molecule has 0 radical (unpaired) electrons. The van der Waals surface area contributed by atoms with Crippen molar-refractivity contribution in [1.82, 2.24) is 0 Å². The minimum Gasteiger partial charge on any atom is -0.396 e. The lowest BCUT2D eigenvalue weighted by molar-refractivity contribution is 0.307. The van der Waals surface area contributed by atoms with Crippen LogP contribution in [0, 0.1) is 0 Å². The molecule has 14 heavy (non-hydrogen) atoms. The second-order valence-corrected chi connectivity index (χ2v) is 4.65. The summed E-state index contributed by atoms with van der Waals surface area (Å²) in [7, 11) is 0. The molecule has 1 aromatic carbocycles. The predicted octanol–water partition coefficient (Wildman–Crippen LogP) is 3.28. The first-order chi connectivity index (χ1) is 6.61. The summed E-state index contributed by atoms with van der Waals surface area (Å²) in [5.41, 5.74) is 7.71. The molecule has 2 rings (SSSR count). The average Bonchev–Trinajstić information content (AvgIpc) is 2.10. The summed E-state index contributed by atoms with van der Waals surface area (Å²) in [5, 5.41) is 4.08. The van der Waals surface area contributed by atoms with Gasteiger partial charge in [-0.15, -0.1) is 0 Å². The van der Waals surface area contributed by atoms with E-state index in [1.165, 1.54) is 19.3 Å². The Bertz CT molecular complexity index is 345. The van der Waals surface area contributed by atoms with E-state index in [1.54, 1.807) is 0 Å². The Morgan fingerprint density at radius 3 is 2.71 bits per heavy atom. The van der Waals surface area contributed by atoms with Gasteiger partial charge in [0.2, 0.25) is 0 Å². The molecule has 2 nitrogen and oxygen atoms in total. The summed E-state index contributed by atoms with van der Waals surface area (Å²) < 4.78 is 0. The maximum atomic E-state index is 5.94. The molecule has 0 unspecified atom stereocenters. The van der Waals surface area contributed by atoms with Gasteiger partial charge in [0.25, 0.3) is 0 Å². The van der Waals surface area contributed by atoms with E-state index in [-0.39, 0.29) is 5.54 Å². The Morgan fingerprint density at radius 2 is 2.14 bits per heavy atom. The zero-order valence-corrected chi connectivity index (χ0v) is 9.06. The Hall–Kier alpha value is -0.890. The molecule has 1 saturated carbocycles. The molecule has 3 N–H and O–H groups in total. The van der Waals surface area contributed by atoms with E-state index in [0.29, 0.717) is 10.7 Å². The lowest BCUT2D eigenvalue weighted by Crippen LogP contribution is -2.41. The third kappa shape index (κ3) is 1.67. The summed E-state index contributed by atoms with van der Waals surface area (Å²) in [4.78, 5) is 0. The van der Waals surface area contributed by atoms with E-state index in [1.807, 2.05) is 18.2 Å². The van der Waals surface area contributed by atoms with Gasteiger partial charge in [0.05, 0.1) is 16.4 Å². The van der Waals surface area contributed by atoms with Crippen molar-refractivity contribution in [3.8, 4) is 0 Å². The number of nitrogen functional groups attached to an aromatic ring is 1. The van der Waals surface area contributed by atoms with Gasteiger partial charge in [0, 0.05) is 5.54 Å². The van der Waals surface area contributed by atoms with E-state index in [4.69, 9.17) is 17.3 Å². The number of halogens is 1. The highest BCUT2D eigenvalue weighted by Gasteiger charge is 2.31. The SMILES string of the molecule is CC1(Nc2cccc(Cl)c2N)CCC1. The molecule has 0 aliphatic heterocycles. The molecule has 76 valence electrons. The fourth-order valence-corrected chi connectivity index (χ4v) is 1.98. The molecule has 0 spiro atoms. The number of hydrogen-bond acceptors (Lipinski definition) is 2. The Kier molecular flexibility index (Phi) is 2.31. The van der Waals surface area contributed by atoms with Crippen LogP contribution < -0.4 is 11.1 Å². The number of para-hydroxylation sites is 1. The van der Waals surface area contributed by atoms with Crippen LogP contribution >= 0.6 is 11.6 Å². The lowest BCUT2D eigenvalue weighted by atomic mass is 9.78. The maximum Gasteiger partial charge on any atom is 0.0739 e. The minimum atomic E-state index is 0.221. The zero-order chi connectivity index (χ0) is 10.2. The Balaban J connectivity index is 2.20. The van der Waals surface area contributed by atoms with E-state index < -0.39 is 0 Å². The zero-order valence-electron chi connectivity index (χ0n) is 8.31. The minimum absolute atomic E-state index is 0.221. The quantitative estimate of drug-likeness (QED) is 0.736. The summed E-state index contributed by atoms with van der Waals surface area (Å²) in [6, 6.07) is 5.71. The molecule has 0 aromatic heterocycles. The van der Waals surface area contributed by atoms with Crippen molar-refractivity contribution in [2.45, 2.75) is 31.7 Å². The van der Waals surface area contributed by atoms with Gasteiger partial charge in [-0.2, -0.15) is 0 Å². The van der Waals surface area contributed by atoms with E-state index >= 15 is 0 Å². The van der Waals surface area contributed by atoms with Crippen molar-refractivity contribution in [3.63, 3.8) is 0 Å². The fraction of sp³-hybridized carbons (Fsp3) is 0.455. The van der Waals surface area contributed by atoms with E-state index in [0.717, 1.165) is 5.69 Å². The number of hydrogen-bond donors (Lipinski definition) is 2. The third-order valence-electron chi connectivity index (χ3n) is 2.95. The van der Waals surface area contributed by atoms with E-state index in [2.05, 4.69) is 12.2 Å². The second kappa shape index (κ2) is 3.35. The normalized spacial score (nSPS) is 18.7. The molecule has 0 heterocycles. The van der Waals surface area contributed by atoms with Gasteiger partial charge in [-0.1, -0.05) is 17.7 Å². The lowest BCUT2D eigenvalue weighted by Gasteiger charge is -2.40. The van der Waals surface area contributed by atoms with Crippen molar-refractivity contribution >= 4 is 23.0 Å². The van der Waals surface area contributed by atoms with Crippen LogP contribution in [-0.4, -0.2) is 5.54 Å². The van der Waals surface area contributed by atoms with Crippen LogP contribution in [0.2, 0.25) is 5.02 Å².